The minimum Gasteiger partial charge on any atom is -0.465 e. The minimum absolute atomic E-state index is 0.0876. The number of rotatable bonds is 5. The molecule has 1 amide bonds. The van der Waals surface area contributed by atoms with Crippen molar-refractivity contribution in [2.24, 2.45) is 5.92 Å². The van der Waals surface area contributed by atoms with Crippen molar-refractivity contribution < 1.29 is 23.6 Å². The zero-order chi connectivity index (χ0) is 20.0. The van der Waals surface area contributed by atoms with Crippen LogP contribution in [0.5, 0.6) is 0 Å². The molecule has 1 aromatic carbocycles. The van der Waals surface area contributed by atoms with Crippen molar-refractivity contribution in [1.29, 1.82) is 0 Å². The van der Waals surface area contributed by atoms with Crippen LogP contribution in [0.2, 0.25) is 0 Å². The number of benzene rings is 1. The van der Waals surface area contributed by atoms with Gasteiger partial charge in [0.05, 0.1) is 29.6 Å². The van der Waals surface area contributed by atoms with Gasteiger partial charge in [-0.25, -0.2) is 4.79 Å². The second-order valence-electron chi connectivity index (χ2n) is 8.43. The summed E-state index contributed by atoms with van der Waals surface area (Å²) in [5.74, 6) is -0.0666. The van der Waals surface area contributed by atoms with Crippen LogP contribution >= 0.6 is 0 Å². The number of ether oxygens (including phenoxy) is 1. The molecule has 0 atom stereocenters. The van der Waals surface area contributed by atoms with Crippen LogP contribution in [-0.2, 0) is 18.8 Å². The molecule has 7 heteroatoms. The van der Waals surface area contributed by atoms with Crippen LogP contribution in [0.25, 0.3) is 0 Å². The molecule has 2 aliphatic rings. The van der Waals surface area contributed by atoms with Gasteiger partial charge in [0.15, 0.2) is 0 Å². The maximum atomic E-state index is 12.4. The fourth-order valence-electron chi connectivity index (χ4n) is 3.14. The first kappa shape index (κ1) is 19.9. The quantitative estimate of drug-likeness (QED) is 0.586. The number of hydrogen-bond acceptors (Lipinski definition) is 5. The molecule has 1 heterocycles. The first-order valence-electron chi connectivity index (χ1n) is 9.42. The standard InChI is InChI=1S/C20H28BNO5/c1-13(23)22(12-14-7-8-14)17-10-9-15(11-16(17)18(24)25-6)21-26-19(2,3)20(4,5)27-21/h9-11,14H,7-8,12H2,1-6H3. The van der Waals surface area contributed by atoms with Gasteiger partial charge < -0.3 is 18.9 Å². The van der Waals surface area contributed by atoms with Crippen LogP contribution < -0.4 is 10.4 Å². The topological polar surface area (TPSA) is 65.1 Å². The molecule has 27 heavy (non-hydrogen) atoms. The van der Waals surface area contributed by atoms with E-state index in [1.54, 1.807) is 17.0 Å². The number of amides is 1. The van der Waals surface area contributed by atoms with Crippen molar-refractivity contribution in [2.45, 2.75) is 58.7 Å². The van der Waals surface area contributed by atoms with Gasteiger partial charge in [0, 0.05) is 13.5 Å². The van der Waals surface area contributed by atoms with Gasteiger partial charge in [0.1, 0.15) is 0 Å². The molecule has 1 aliphatic heterocycles. The molecule has 1 saturated carbocycles. The van der Waals surface area contributed by atoms with E-state index in [1.165, 1.54) is 14.0 Å². The van der Waals surface area contributed by atoms with E-state index in [9.17, 15) is 9.59 Å². The van der Waals surface area contributed by atoms with E-state index in [0.29, 0.717) is 23.7 Å². The smallest absolute Gasteiger partial charge is 0.465 e. The summed E-state index contributed by atoms with van der Waals surface area (Å²) < 4.78 is 17.1. The first-order valence-corrected chi connectivity index (χ1v) is 9.42. The highest BCUT2D eigenvalue weighted by molar-refractivity contribution is 6.62. The van der Waals surface area contributed by atoms with Gasteiger partial charge in [-0.2, -0.15) is 0 Å². The van der Waals surface area contributed by atoms with Crippen LogP contribution in [0.4, 0.5) is 5.69 Å². The van der Waals surface area contributed by atoms with Crippen LogP contribution in [0.3, 0.4) is 0 Å². The first-order chi connectivity index (χ1) is 12.6. The molecule has 0 aromatic heterocycles. The minimum atomic E-state index is -0.582. The predicted octanol–water partition coefficient (Wildman–Crippen LogP) is 2.54. The number of nitrogens with zero attached hydrogens (tertiary/aromatic N) is 1. The Hall–Kier alpha value is -1.86. The maximum absolute atomic E-state index is 12.4. The Kier molecular flexibility index (Phi) is 5.12. The van der Waals surface area contributed by atoms with Gasteiger partial charge in [-0.15, -0.1) is 0 Å². The number of anilines is 1. The Balaban J connectivity index is 1.97. The van der Waals surface area contributed by atoms with Crippen LogP contribution in [-0.4, -0.2) is 43.9 Å². The van der Waals surface area contributed by atoms with Crippen molar-refractivity contribution in [1.82, 2.24) is 0 Å². The number of methoxy groups -OCH3 is 1. The molecular weight excluding hydrogens is 345 g/mol. The highest BCUT2D eigenvalue weighted by Gasteiger charge is 2.51. The predicted molar refractivity (Wildman–Crippen MR) is 104 cm³/mol. The third-order valence-electron chi connectivity index (χ3n) is 5.76. The summed E-state index contributed by atoms with van der Waals surface area (Å²) in [7, 11) is 0.758. The SMILES string of the molecule is COC(=O)c1cc(B2OC(C)(C)C(C)(C)O2)ccc1N(CC1CC1)C(C)=O. The van der Waals surface area contributed by atoms with Gasteiger partial charge in [0.2, 0.25) is 5.91 Å². The number of hydrogen-bond donors (Lipinski definition) is 0. The zero-order valence-electron chi connectivity index (χ0n) is 17.0. The number of carbonyl (C=O) groups excluding carboxylic acids is 2. The fourth-order valence-corrected chi connectivity index (χ4v) is 3.14. The average molecular weight is 373 g/mol. The Morgan fingerprint density at radius 2 is 1.78 bits per heavy atom. The molecule has 2 fully saturated rings. The Bertz CT molecular complexity index is 741. The molecule has 146 valence electrons. The van der Waals surface area contributed by atoms with Crippen molar-refractivity contribution in [2.75, 3.05) is 18.6 Å². The summed E-state index contributed by atoms with van der Waals surface area (Å²) >= 11 is 0. The molecule has 1 saturated heterocycles. The summed E-state index contributed by atoms with van der Waals surface area (Å²) in [5.41, 5.74) is 0.702. The van der Waals surface area contributed by atoms with Crippen molar-refractivity contribution in [3.05, 3.63) is 23.8 Å². The van der Waals surface area contributed by atoms with Crippen molar-refractivity contribution >= 4 is 30.1 Å². The van der Waals surface area contributed by atoms with Gasteiger partial charge in [-0.1, -0.05) is 6.07 Å². The van der Waals surface area contributed by atoms with E-state index in [1.807, 2.05) is 33.8 Å². The highest BCUT2D eigenvalue weighted by Crippen LogP contribution is 2.37. The zero-order valence-corrected chi connectivity index (χ0v) is 17.0. The van der Waals surface area contributed by atoms with Gasteiger partial charge in [-0.3, -0.25) is 4.79 Å². The van der Waals surface area contributed by atoms with Crippen molar-refractivity contribution in [3.63, 3.8) is 0 Å². The lowest BCUT2D eigenvalue weighted by Gasteiger charge is -2.32. The summed E-state index contributed by atoms with van der Waals surface area (Å²) in [6.45, 7) is 10.1. The normalized spacial score (nSPS) is 20.4. The monoisotopic (exact) mass is 373 g/mol. The average Bonchev–Trinajstić information content (AvgIpc) is 3.37. The molecule has 0 radical (unpaired) electrons. The van der Waals surface area contributed by atoms with E-state index in [0.717, 1.165) is 18.3 Å². The summed E-state index contributed by atoms with van der Waals surface area (Å²) in [4.78, 5) is 26.3. The molecule has 1 aliphatic carbocycles. The van der Waals surface area contributed by atoms with E-state index in [2.05, 4.69) is 0 Å². The van der Waals surface area contributed by atoms with E-state index >= 15 is 0 Å². The van der Waals surface area contributed by atoms with Crippen LogP contribution in [0.1, 0.15) is 57.8 Å². The fraction of sp³-hybridized carbons (Fsp3) is 0.600. The summed E-state index contributed by atoms with van der Waals surface area (Å²) in [6.07, 6.45) is 2.23. The molecule has 0 spiro atoms. The van der Waals surface area contributed by atoms with Crippen LogP contribution in [0, 0.1) is 5.92 Å². The summed E-state index contributed by atoms with van der Waals surface area (Å²) in [5, 5.41) is 0. The molecule has 0 bridgehead atoms. The third-order valence-corrected chi connectivity index (χ3v) is 5.76. The maximum Gasteiger partial charge on any atom is 0.494 e. The van der Waals surface area contributed by atoms with Gasteiger partial charge in [0.25, 0.3) is 0 Å². The van der Waals surface area contributed by atoms with Gasteiger partial charge in [-0.05, 0) is 64.1 Å². The molecule has 0 N–H and O–H groups in total. The lowest BCUT2D eigenvalue weighted by molar-refractivity contribution is -0.116. The second kappa shape index (κ2) is 6.95. The molecule has 6 nitrogen and oxygen atoms in total. The van der Waals surface area contributed by atoms with Crippen molar-refractivity contribution in [3.8, 4) is 0 Å². The number of carbonyl (C=O) groups is 2. The number of esters is 1. The van der Waals surface area contributed by atoms with Crippen LogP contribution in [0.15, 0.2) is 18.2 Å². The van der Waals surface area contributed by atoms with E-state index < -0.39 is 24.3 Å². The van der Waals surface area contributed by atoms with Gasteiger partial charge >= 0.3 is 13.1 Å². The largest absolute Gasteiger partial charge is 0.494 e. The Labute approximate surface area is 161 Å². The molecule has 3 rings (SSSR count). The van der Waals surface area contributed by atoms with E-state index in [-0.39, 0.29) is 5.91 Å². The Morgan fingerprint density at radius 3 is 2.26 bits per heavy atom. The lowest BCUT2D eigenvalue weighted by Crippen LogP contribution is -2.41. The Morgan fingerprint density at radius 1 is 1.19 bits per heavy atom. The highest BCUT2D eigenvalue weighted by atomic mass is 16.7. The molecular formula is C20H28BNO5. The third kappa shape index (κ3) is 3.89. The van der Waals surface area contributed by atoms with E-state index in [4.69, 9.17) is 14.0 Å². The summed E-state index contributed by atoms with van der Waals surface area (Å²) in [6, 6.07) is 5.36. The second-order valence-corrected chi connectivity index (χ2v) is 8.43. The molecule has 0 unspecified atom stereocenters. The molecule has 1 aromatic rings. The lowest BCUT2D eigenvalue weighted by atomic mass is 9.78.